The summed E-state index contributed by atoms with van der Waals surface area (Å²) in [6, 6.07) is 14.2. The van der Waals surface area contributed by atoms with Gasteiger partial charge in [-0.1, -0.05) is 30.3 Å². The molecule has 0 amide bonds. The van der Waals surface area contributed by atoms with Gasteiger partial charge in [0, 0.05) is 21.2 Å². The van der Waals surface area contributed by atoms with Gasteiger partial charge in [-0.2, -0.15) is 5.26 Å². The maximum absolute atomic E-state index is 8.75. The molecule has 0 spiro atoms. The molecule has 0 aliphatic rings. The van der Waals surface area contributed by atoms with Crippen LogP contribution in [0.5, 0.6) is 0 Å². The number of benzene rings is 2. The minimum atomic E-state index is 0.983. The number of nitriles is 1. The lowest BCUT2D eigenvalue weighted by atomic mass is 10.1. The number of hydrogen-bond acceptors (Lipinski definition) is 2. The van der Waals surface area contributed by atoms with Crippen molar-refractivity contribution in [1.29, 1.82) is 5.26 Å². The third-order valence-electron chi connectivity index (χ3n) is 2.66. The van der Waals surface area contributed by atoms with Gasteiger partial charge in [0.2, 0.25) is 0 Å². The number of aromatic amines is 1. The van der Waals surface area contributed by atoms with Crippen molar-refractivity contribution >= 4 is 33.6 Å². The third-order valence-corrected chi connectivity index (χ3v) is 3.31. The predicted molar refractivity (Wildman–Crippen MR) is 67.3 cm³/mol. The molecule has 0 unspecified atom stereocenters. The standard InChI is InChI=1S/C13H8N2S/c14-8-16-12-7-3-5-10-9-4-1-2-6-11(9)15-13(10)12/h1-7,15H. The van der Waals surface area contributed by atoms with E-state index in [-0.39, 0.29) is 0 Å². The van der Waals surface area contributed by atoms with Crippen molar-refractivity contribution in [3.05, 3.63) is 42.5 Å². The molecule has 0 fully saturated rings. The SMILES string of the molecule is N#CSc1cccc2c1[nH]c1ccccc12. The monoisotopic (exact) mass is 224 g/mol. The van der Waals surface area contributed by atoms with E-state index >= 15 is 0 Å². The van der Waals surface area contributed by atoms with Gasteiger partial charge in [0.05, 0.1) is 5.52 Å². The second kappa shape index (κ2) is 3.58. The number of fused-ring (bicyclic) bond motifs is 3. The summed E-state index contributed by atoms with van der Waals surface area (Å²) in [5, 5.41) is 13.3. The minimum Gasteiger partial charge on any atom is -0.354 e. The first-order valence-electron chi connectivity index (χ1n) is 4.95. The highest BCUT2D eigenvalue weighted by Gasteiger charge is 2.07. The van der Waals surface area contributed by atoms with Crippen LogP contribution in [0, 0.1) is 10.7 Å². The number of rotatable bonds is 1. The number of thiocyanates is 1. The molecule has 76 valence electrons. The summed E-state index contributed by atoms with van der Waals surface area (Å²) in [6.45, 7) is 0. The van der Waals surface area contributed by atoms with E-state index in [2.05, 4.69) is 28.6 Å². The van der Waals surface area contributed by atoms with Gasteiger partial charge in [0.15, 0.2) is 0 Å². The molecule has 0 atom stereocenters. The van der Waals surface area contributed by atoms with Crippen LogP contribution in [0.3, 0.4) is 0 Å². The zero-order valence-corrected chi connectivity index (χ0v) is 9.21. The van der Waals surface area contributed by atoms with Crippen LogP contribution in [0.4, 0.5) is 0 Å². The lowest BCUT2D eigenvalue weighted by Gasteiger charge is -1.95. The Morgan fingerprint density at radius 3 is 2.69 bits per heavy atom. The molecule has 0 bridgehead atoms. The summed E-state index contributed by atoms with van der Waals surface area (Å²) in [7, 11) is 0. The van der Waals surface area contributed by atoms with Crippen molar-refractivity contribution < 1.29 is 0 Å². The molecule has 16 heavy (non-hydrogen) atoms. The molecule has 3 rings (SSSR count). The van der Waals surface area contributed by atoms with Crippen molar-refractivity contribution in [3.8, 4) is 5.40 Å². The Balaban J connectivity index is 2.45. The van der Waals surface area contributed by atoms with Gasteiger partial charge >= 0.3 is 0 Å². The lowest BCUT2D eigenvalue weighted by molar-refractivity contribution is 1.45. The van der Waals surface area contributed by atoms with Crippen molar-refractivity contribution in [2.75, 3.05) is 0 Å². The van der Waals surface area contributed by atoms with Gasteiger partial charge in [-0.25, -0.2) is 0 Å². The quantitative estimate of drug-likeness (QED) is 0.503. The number of thioether (sulfide) groups is 1. The van der Waals surface area contributed by atoms with E-state index in [9.17, 15) is 0 Å². The molecule has 0 saturated carbocycles. The molecule has 1 N–H and O–H groups in total. The third kappa shape index (κ3) is 1.28. The Morgan fingerprint density at radius 1 is 1.00 bits per heavy atom. The van der Waals surface area contributed by atoms with E-state index < -0.39 is 0 Å². The van der Waals surface area contributed by atoms with Crippen LogP contribution in [-0.2, 0) is 0 Å². The molecule has 0 aliphatic carbocycles. The maximum Gasteiger partial charge on any atom is 0.138 e. The highest BCUT2D eigenvalue weighted by Crippen LogP contribution is 2.31. The van der Waals surface area contributed by atoms with E-state index in [0.29, 0.717) is 0 Å². The summed E-state index contributed by atoms with van der Waals surface area (Å²) in [5.41, 5.74) is 2.17. The summed E-state index contributed by atoms with van der Waals surface area (Å²) >= 11 is 1.19. The molecule has 3 heteroatoms. The summed E-state index contributed by atoms with van der Waals surface area (Å²) in [5.74, 6) is 0. The smallest absolute Gasteiger partial charge is 0.138 e. The number of para-hydroxylation sites is 2. The Kier molecular flexibility index (Phi) is 2.09. The highest BCUT2D eigenvalue weighted by atomic mass is 32.2. The molecular formula is C13H8N2S. The van der Waals surface area contributed by atoms with Crippen LogP contribution in [0.1, 0.15) is 0 Å². The van der Waals surface area contributed by atoms with E-state index in [1.165, 1.54) is 22.5 Å². The largest absolute Gasteiger partial charge is 0.354 e. The molecule has 0 saturated heterocycles. The Hall–Kier alpha value is -1.92. The van der Waals surface area contributed by atoms with Crippen LogP contribution < -0.4 is 0 Å². The van der Waals surface area contributed by atoms with Crippen LogP contribution in [0.2, 0.25) is 0 Å². The maximum atomic E-state index is 8.75. The molecule has 0 radical (unpaired) electrons. The average Bonchev–Trinajstić information content (AvgIpc) is 2.69. The number of nitrogens with zero attached hydrogens (tertiary/aromatic N) is 1. The Labute approximate surface area is 96.9 Å². The van der Waals surface area contributed by atoms with Crippen molar-refractivity contribution in [1.82, 2.24) is 4.98 Å². The molecule has 1 heterocycles. The van der Waals surface area contributed by atoms with E-state index in [4.69, 9.17) is 5.26 Å². The van der Waals surface area contributed by atoms with E-state index in [1.54, 1.807) is 0 Å². The second-order valence-corrected chi connectivity index (χ2v) is 4.37. The van der Waals surface area contributed by atoms with Crippen LogP contribution in [-0.4, -0.2) is 4.98 Å². The fraction of sp³-hybridized carbons (Fsp3) is 0. The predicted octanol–water partition coefficient (Wildman–Crippen LogP) is 3.89. The van der Waals surface area contributed by atoms with Gasteiger partial charge in [-0.15, -0.1) is 0 Å². The number of hydrogen-bond donors (Lipinski definition) is 1. The van der Waals surface area contributed by atoms with Gasteiger partial charge in [0.25, 0.3) is 0 Å². The Morgan fingerprint density at radius 2 is 1.81 bits per heavy atom. The van der Waals surface area contributed by atoms with Crippen LogP contribution in [0.15, 0.2) is 47.4 Å². The molecule has 1 aromatic heterocycles. The van der Waals surface area contributed by atoms with Gasteiger partial charge in [-0.3, -0.25) is 0 Å². The fourth-order valence-electron chi connectivity index (χ4n) is 1.98. The first kappa shape index (κ1) is 9.32. The number of nitrogens with one attached hydrogen (secondary N) is 1. The molecule has 2 aromatic carbocycles. The molecule has 3 aromatic rings. The molecule has 2 nitrogen and oxygen atoms in total. The van der Waals surface area contributed by atoms with Crippen molar-refractivity contribution in [2.45, 2.75) is 4.90 Å². The molecule has 0 aliphatic heterocycles. The Bertz CT molecular complexity index is 707. The summed E-state index contributed by atoms with van der Waals surface area (Å²) < 4.78 is 0. The van der Waals surface area contributed by atoms with Gasteiger partial charge in [0.1, 0.15) is 5.40 Å². The van der Waals surface area contributed by atoms with Gasteiger partial charge in [-0.05, 0) is 23.9 Å². The zero-order valence-electron chi connectivity index (χ0n) is 8.40. The number of H-pyrrole nitrogens is 1. The topological polar surface area (TPSA) is 39.6 Å². The average molecular weight is 224 g/mol. The zero-order chi connectivity index (χ0) is 11.0. The summed E-state index contributed by atoms with van der Waals surface area (Å²) in [4.78, 5) is 4.34. The first-order valence-corrected chi connectivity index (χ1v) is 5.77. The summed E-state index contributed by atoms with van der Waals surface area (Å²) in [6.07, 6.45) is 0. The van der Waals surface area contributed by atoms with Crippen molar-refractivity contribution in [3.63, 3.8) is 0 Å². The normalized spacial score (nSPS) is 10.7. The van der Waals surface area contributed by atoms with Gasteiger partial charge < -0.3 is 4.98 Å². The highest BCUT2D eigenvalue weighted by molar-refractivity contribution is 8.04. The second-order valence-electron chi connectivity index (χ2n) is 3.54. The lowest BCUT2D eigenvalue weighted by Crippen LogP contribution is -1.72. The van der Waals surface area contributed by atoms with E-state index in [0.717, 1.165) is 15.9 Å². The van der Waals surface area contributed by atoms with E-state index in [1.807, 2.05) is 24.3 Å². The molecular weight excluding hydrogens is 216 g/mol. The number of aromatic nitrogens is 1. The van der Waals surface area contributed by atoms with Crippen LogP contribution in [0.25, 0.3) is 21.8 Å². The first-order chi connectivity index (χ1) is 7.90. The van der Waals surface area contributed by atoms with Crippen LogP contribution >= 0.6 is 11.8 Å². The fourth-order valence-corrected chi connectivity index (χ4v) is 2.49. The minimum absolute atomic E-state index is 0.983. The van der Waals surface area contributed by atoms with Crippen molar-refractivity contribution in [2.24, 2.45) is 0 Å².